The standard InChI is InChI=1S/C25H26O3/c1-15-5-9-17(10-6-15)21-22-19(26)13-25(3,4)14-20(22)28-24(21)23(27)18-11-7-16(2)8-12-18/h5-12,21,24H,13-14H2,1-4H3/t21-,24-/m0/s1. The molecule has 1 aliphatic heterocycles. The average Bonchev–Trinajstić information content (AvgIpc) is 3.00. The topological polar surface area (TPSA) is 43.4 Å². The predicted molar refractivity (Wildman–Crippen MR) is 109 cm³/mol. The van der Waals surface area contributed by atoms with Gasteiger partial charge in [-0.05, 0) is 24.8 Å². The molecule has 0 aromatic heterocycles. The molecule has 1 aliphatic carbocycles. The molecule has 0 fully saturated rings. The van der Waals surface area contributed by atoms with Gasteiger partial charge in [-0.15, -0.1) is 0 Å². The molecule has 0 bridgehead atoms. The largest absolute Gasteiger partial charge is 0.485 e. The summed E-state index contributed by atoms with van der Waals surface area (Å²) in [6.07, 6.45) is 0.491. The number of carbonyl (C=O) groups is 2. The van der Waals surface area contributed by atoms with E-state index >= 15 is 0 Å². The zero-order chi connectivity index (χ0) is 20.1. The van der Waals surface area contributed by atoms with Gasteiger partial charge in [0.1, 0.15) is 5.76 Å². The van der Waals surface area contributed by atoms with E-state index in [4.69, 9.17) is 4.74 Å². The summed E-state index contributed by atoms with van der Waals surface area (Å²) in [7, 11) is 0. The molecule has 0 amide bonds. The van der Waals surface area contributed by atoms with Gasteiger partial charge in [0.2, 0.25) is 5.78 Å². The second-order valence-electron chi connectivity index (χ2n) is 8.93. The SMILES string of the molecule is Cc1ccc(C(=O)[C@H]2OC3=C(C(=O)CC(C)(C)C3)[C@@H]2c2ccc(C)cc2)cc1. The van der Waals surface area contributed by atoms with Crippen molar-refractivity contribution in [2.24, 2.45) is 5.41 Å². The minimum Gasteiger partial charge on any atom is -0.485 e. The minimum absolute atomic E-state index is 0.0643. The monoisotopic (exact) mass is 374 g/mol. The Morgan fingerprint density at radius 3 is 2.11 bits per heavy atom. The van der Waals surface area contributed by atoms with Crippen LogP contribution < -0.4 is 0 Å². The van der Waals surface area contributed by atoms with E-state index in [-0.39, 0.29) is 22.9 Å². The molecule has 144 valence electrons. The molecule has 3 heteroatoms. The highest BCUT2D eigenvalue weighted by Gasteiger charge is 2.48. The first kappa shape index (κ1) is 18.7. The fourth-order valence-electron chi connectivity index (χ4n) is 4.30. The average molecular weight is 374 g/mol. The Bertz CT molecular complexity index is 962. The van der Waals surface area contributed by atoms with Crippen LogP contribution in [-0.2, 0) is 9.53 Å². The van der Waals surface area contributed by atoms with Gasteiger partial charge in [0.05, 0.1) is 5.92 Å². The molecule has 0 saturated carbocycles. The molecule has 2 aliphatic rings. The first-order valence-corrected chi connectivity index (χ1v) is 9.85. The van der Waals surface area contributed by atoms with Crippen molar-refractivity contribution in [1.82, 2.24) is 0 Å². The molecule has 0 radical (unpaired) electrons. The highest BCUT2D eigenvalue weighted by atomic mass is 16.5. The maximum Gasteiger partial charge on any atom is 0.204 e. The summed E-state index contributed by atoms with van der Waals surface area (Å²) in [6, 6.07) is 15.6. The number of ether oxygens (including phenoxy) is 1. The molecule has 28 heavy (non-hydrogen) atoms. The number of hydrogen-bond donors (Lipinski definition) is 0. The maximum atomic E-state index is 13.4. The van der Waals surface area contributed by atoms with Crippen molar-refractivity contribution in [3.05, 3.63) is 82.1 Å². The van der Waals surface area contributed by atoms with Crippen molar-refractivity contribution in [3.8, 4) is 0 Å². The van der Waals surface area contributed by atoms with Crippen molar-refractivity contribution in [2.45, 2.75) is 52.6 Å². The fourth-order valence-corrected chi connectivity index (χ4v) is 4.30. The number of ketones is 2. The Morgan fingerprint density at radius 1 is 0.929 bits per heavy atom. The Balaban J connectivity index is 1.78. The zero-order valence-corrected chi connectivity index (χ0v) is 16.9. The second kappa shape index (κ2) is 6.73. The molecule has 0 N–H and O–H groups in total. The van der Waals surface area contributed by atoms with E-state index in [0.717, 1.165) is 16.7 Å². The highest BCUT2D eigenvalue weighted by molar-refractivity contribution is 6.05. The summed E-state index contributed by atoms with van der Waals surface area (Å²) >= 11 is 0. The van der Waals surface area contributed by atoms with E-state index in [1.165, 1.54) is 0 Å². The van der Waals surface area contributed by atoms with Gasteiger partial charge in [-0.1, -0.05) is 73.5 Å². The summed E-state index contributed by atoms with van der Waals surface area (Å²) in [5.74, 6) is 0.409. The molecule has 0 spiro atoms. The Kier molecular flexibility index (Phi) is 4.49. The lowest BCUT2D eigenvalue weighted by Crippen LogP contribution is -2.29. The summed E-state index contributed by atoms with van der Waals surface area (Å²) in [4.78, 5) is 26.4. The Morgan fingerprint density at radius 2 is 1.50 bits per heavy atom. The van der Waals surface area contributed by atoms with Gasteiger partial charge >= 0.3 is 0 Å². The molecular formula is C25H26O3. The second-order valence-corrected chi connectivity index (χ2v) is 8.93. The highest BCUT2D eigenvalue weighted by Crippen LogP contribution is 2.49. The number of carbonyl (C=O) groups excluding carboxylic acids is 2. The van der Waals surface area contributed by atoms with Crippen LogP contribution in [0.5, 0.6) is 0 Å². The van der Waals surface area contributed by atoms with Gasteiger partial charge in [0.15, 0.2) is 11.9 Å². The van der Waals surface area contributed by atoms with E-state index < -0.39 is 6.10 Å². The van der Waals surface area contributed by atoms with E-state index in [9.17, 15) is 9.59 Å². The van der Waals surface area contributed by atoms with E-state index in [2.05, 4.69) is 13.8 Å². The molecule has 0 saturated heterocycles. The van der Waals surface area contributed by atoms with E-state index in [0.29, 0.717) is 29.7 Å². The van der Waals surface area contributed by atoms with Crippen LogP contribution in [-0.4, -0.2) is 17.7 Å². The van der Waals surface area contributed by atoms with Gasteiger partial charge in [-0.2, -0.15) is 0 Å². The van der Waals surface area contributed by atoms with Gasteiger partial charge in [-0.25, -0.2) is 0 Å². The predicted octanol–water partition coefficient (Wildman–Crippen LogP) is 5.31. The van der Waals surface area contributed by atoms with Gasteiger partial charge < -0.3 is 4.74 Å². The third-order valence-electron chi connectivity index (χ3n) is 5.79. The number of aryl methyl sites for hydroxylation is 2. The van der Waals surface area contributed by atoms with Crippen LogP contribution >= 0.6 is 0 Å². The fraction of sp³-hybridized carbons (Fsp3) is 0.360. The first-order valence-electron chi connectivity index (χ1n) is 9.85. The summed E-state index contributed by atoms with van der Waals surface area (Å²) in [5.41, 5.74) is 4.40. The lowest BCUT2D eigenvalue weighted by molar-refractivity contribution is -0.118. The van der Waals surface area contributed by atoms with Crippen LogP contribution in [0.2, 0.25) is 0 Å². The molecule has 2 aromatic carbocycles. The van der Waals surface area contributed by atoms with Crippen LogP contribution in [0, 0.1) is 19.3 Å². The molecule has 4 rings (SSSR count). The number of rotatable bonds is 3. The summed E-state index contributed by atoms with van der Waals surface area (Å²) in [6.45, 7) is 8.18. The van der Waals surface area contributed by atoms with Crippen molar-refractivity contribution in [1.29, 1.82) is 0 Å². The Hall–Kier alpha value is -2.68. The molecule has 1 heterocycles. The van der Waals surface area contributed by atoms with Crippen LogP contribution in [0.1, 0.15) is 59.7 Å². The lowest BCUT2D eigenvalue weighted by Gasteiger charge is -2.29. The van der Waals surface area contributed by atoms with Crippen molar-refractivity contribution in [3.63, 3.8) is 0 Å². The van der Waals surface area contributed by atoms with Crippen LogP contribution in [0.15, 0.2) is 59.9 Å². The molecule has 0 unspecified atom stereocenters. The molecule has 3 nitrogen and oxygen atoms in total. The number of hydrogen-bond acceptors (Lipinski definition) is 3. The van der Waals surface area contributed by atoms with Crippen LogP contribution in [0.3, 0.4) is 0 Å². The van der Waals surface area contributed by atoms with Crippen molar-refractivity contribution < 1.29 is 14.3 Å². The normalized spacial score (nSPS) is 23.4. The first-order chi connectivity index (χ1) is 13.2. The van der Waals surface area contributed by atoms with Crippen LogP contribution in [0.25, 0.3) is 0 Å². The minimum atomic E-state index is -0.687. The third-order valence-corrected chi connectivity index (χ3v) is 5.79. The van der Waals surface area contributed by atoms with Gasteiger partial charge in [-0.3, -0.25) is 9.59 Å². The lowest BCUT2D eigenvalue weighted by atomic mass is 9.72. The van der Waals surface area contributed by atoms with Crippen molar-refractivity contribution >= 4 is 11.6 Å². The zero-order valence-electron chi connectivity index (χ0n) is 16.9. The molecular weight excluding hydrogens is 348 g/mol. The van der Waals surface area contributed by atoms with Crippen LogP contribution in [0.4, 0.5) is 0 Å². The summed E-state index contributed by atoms with van der Waals surface area (Å²) < 4.78 is 6.22. The van der Waals surface area contributed by atoms with E-state index in [1.54, 1.807) is 0 Å². The Labute approximate surface area is 166 Å². The smallest absolute Gasteiger partial charge is 0.204 e. The van der Waals surface area contributed by atoms with E-state index in [1.807, 2.05) is 62.4 Å². The molecule has 2 atom stereocenters. The number of allylic oxidation sites excluding steroid dienone is 1. The number of benzene rings is 2. The van der Waals surface area contributed by atoms with Gasteiger partial charge in [0, 0.05) is 24.0 Å². The quantitative estimate of drug-likeness (QED) is 0.684. The summed E-state index contributed by atoms with van der Waals surface area (Å²) in [5, 5.41) is 0. The molecule has 2 aromatic rings. The van der Waals surface area contributed by atoms with Gasteiger partial charge in [0.25, 0.3) is 0 Å². The third kappa shape index (κ3) is 3.30. The maximum absolute atomic E-state index is 13.4. The number of Topliss-reactive ketones (excluding diaryl/α,β-unsaturated/α-hetero) is 2. The van der Waals surface area contributed by atoms with Crippen molar-refractivity contribution in [2.75, 3.05) is 0 Å².